The molecule has 0 fully saturated rings. The van der Waals surface area contributed by atoms with Crippen LogP contribution in [0, 0.1) is 6.92 Å². The lowest BCUT2D eigenvalue weighted by atomic mass is 10.2. The van der Waals surface area contributed by atoms with Crippen LogP contribution in [0.5, 0.6) is 0 Å². The van der Waals surface area contributed by atoms with E-state index in [0.29, 0.717) is 11.1 Å². The molecule has 0 bridgehead atoms. The Bertz CT molecular complexity index is 1370. The van der Waals surface area contributed by atoms with Crippen molar-refractivity contribution >= 4 is 38.6 Å². The molecule has 1 N–H and O–H groups in total. The van der Waals surface area contributed by atoms with E-state index in [2.05, 4.69) is 14.4 Å². The summed E-state index contributed by atoms with van der Waals surface area (Å²) in [5.74, 6) is -1.22. The maximum Gasteiger partial charge on any atom is 0.433 e. The average molecular weight is 509 g/mol. The molecule has 0 aliphatic heterocycles. The lowest BCUT2D eigenvalue weighted by molar-refractivity contribution is -0.148. The summed E-state index contributed by atoms with van der Waals surface area (Å²) in [6.45, 7) is 1.81. The number of benzene rings is 1. The number of fused-ring (bicyclic) bond motifs is 1. The first-order chi connectivity index (χ1) is 15.1. The van der Waals surface area contributed by atoms with E-state index < -0.39 is 55.7 Å². The second-order valence-electron chi connectivity index (χ2n) is 6.78. The Labute approximate surface area is 188 Å². The molecule has 0 aliphatic carbocycles. The molecule has 1 aromatic carbocycles. The molecule has 0 spiro atoms. The van der Waals surface area contributed by atoms with Crippen molar-refractivity contribution in [3.63, 3.8) is 0 Å². The molecule has 0 aliphatic rings. The van der Waals surface area contributed by atoms with Gasteiger partial charge in [0.15, 0.2) is 11.3 Å². The highest BCUT2D eigenvalue weighted by molar-refractivity contribution is 7.94. The number of aryl methyl sites for hydroxylation is 1. The van der Waals surface area contributed by atoms with Gasteiger partial charge in [-0.3, -0.25) is 10.1 Å². The number of thiocarbonyl (C=S) groups is 1. The molecule has 2 aromatic heterocycles. The van der Waals surface area contributed by atoms with E-state index in [9.17, 15) is 35.3 Å². The molecule has 0 saturated heterocycles. The monoisotopic (exact) mass is 509 g/mol. The van der Waals surface area contributed by atoms with Crippen molar-refractivity contribution in [1.82, 2.24) is 19.9 Å². The Morgan fingerprint density at radius 1 is 1.12 bits per heavy atom. The highest BCUT2D eigenvalue weighted by atomic mass is 32.2. The maximum absolute atomic E-state index is 13.3. The van der Waals surface area contributed by atoms with E-state index in [4.69, 9.17) is 12.2 Å². The summed E-state index contributed by atoms with van der Waals surface area (Å²) >= 11 is 4.89. The van der Waals surface area contributed by atoms with Gasteiger partial charge in [-0.15, -0.1) is 0 Å². The third-order valence-electron chi connectivity index (χ3n) is 4.23. The Morgan fingerprint density at radius 2 is 1.73 bits per heavy atom. The summed E-state index contributed by atoms with van der Waals surface area (Å²) < 4.78 is 95.7. The van der Waals surface area contributed by atoms with Gasteiger partial charge in [-0.05, 0) is 37.3 Å². The van der Waals surface area contributed by atoms with Crippen molar-refractivity contribution in [2.75, 3.05) is 6.26 Å². The van der Waals surface area contributed by atoms with Gasteiger partial charge >= 0.3 is 12.4 Å². The molecule has 3 rings (SSSR count). The van der Waals surface area contributed by atoms with Crippen LogP contribution in [0.2, 0.25) is 0 Å². The van der Waals surface area contributed by atoms with Gasteiger partial charge in [0.1, 0.15) is 11.3 Å². The van der Waals surface area contributed by atoms with Crippen LogP contribution in [-0.2, 0) is 22.1 Å². The molecule has 15 heteroatoms. The van der Waals surface area contributed by atoms with Gasteiger partial charge < -0.3 is 0 Å². The molecule has 0 radical (unpaired) electrons. The first-order valence-electron chi connectivity index (χ1n) is 8.77. The topological polar surface area (TPSA) is 88.7 Å². The van der Waals surface area contributed by atoms with Gasteiger partial charge in [0.2, 0.25) is 5.11 Å². The van der Waals surface area contributed by atoms with Gasteiger partial charge in [0.25, 0.3) is 5.91 Å². The third-order valence-corrected chi connectivity index (χ3v) is 6.22. The lowest BCUT2D eigenvalue weighted by Gasteiger charge is -2.13. The van der Waals surface area contributed by atoms with E-state index in [1.165, 1.54) is 18.4 Å². The average Bonchev–Trinajstić information content (AvgIpc) is 3.09. The predicted octanol–water partition coefficient (Wildman–Crippen LogP) is 4.25. The van der Waals surface area contributed by atoms with Gasteiger partial charge in [-0.1, -0.05) is 17.7 Å². The number of rotatable bonds is 2. The van der Waals surface area contributed by atoms with Gasteiger partial charge in [-0.25, -0.2) is 13.7 Å². The zero-order chi connectivity index (χ0) is 24.8. The van der Waals surface area contributed by atoms with Crippen molar-refractivity contribution < 1.29 is 35.3 Å². The first kappa shape index (κ1) is 24.6. The maximum atomic E-state index is 13.3. The molecule has 3 aromatic rings. The SMILES string of the molecule is Cc1ccc(S(C)(=O)=NC(=S)NC(=O)c2cnn3c(C(F)(F)F)cc(C(F)(F)F)nc23)cc1. The van der Waals surface area contributed by atoms with E-state index in [0.717, 1.165) is 5.56 Å². The van der Waals surface area contributed by atoms with Crippen LogP contribution in [0.4, 0.5) is 26.3 Å². The Balaban J connectivity index is 2.00. The summed E-state index contributed by atoms with van der Waals surface area (Å²) in [5.41, 5.74) is -4.46. The number of alkyl halides is 6. The molecule has 7 nitrogen and oxygen atoms in total. The van der Waals surface area contributed by atoms with Gasteiger partial charge in [-0.2, -0.15) is 35.8 Å². The molecule has 33 heavy (non-hydrogen) atoms. The number of amides is 1. The minimum absolute atomic E-state index is 0.0691. The summed E-state index contributed by atoms with van der Waals surface area (Å²) in [5, 5.41) is 4.77. The Kier molecular flexibility index (Phi) is 6.23. The highest BCUT2D eigenvalue weighted by Gasteiger charge is 2.41. The van der Waals surface area contributed by atoms with Crippen LogP contribution in [0.1, 0.15) is 27.3 Å². The fourth-order valence-electron chi connectivity index (χ4n) is 2.66. The quantitative estimate of drug-likeness (QED) is 0.412. The summed E-state index contributed by atoms with van der Waals surface area (Å²) in [6, 6.07) is 6.22. The zero-order valence-electron chi connectivity index (χ0n) is 16.7. The zero-order valence-corrected chi connectivity index (χ0v) is 18.3. The fourth-order valence-corrected chi connectivity index (χ4v) is 4.29. The predicted molar refractivity (Wildman–Crippen MR) is 109 cm³/mol. The van der Waals surface area contributed by atoms with E-state index in [1.807, 2.05) is 12.2 Å². The summed E-state index contributed by atoms with van der Waals surface area (Å²) in [7, 11) is -3.10. The lowest BCUT2D eigenvalue weighted by Crippen LogP contribution is -2.28. The second kappa shape index (κ2) is 8.37. The first-order valence-corrected chi connectivity index (χ1v) is 11.1. The minimum atomic E-state index is -5.22. The number of halogens is 6. The number of hydrogen-bond acceptors (Lipinski definition) is 5. The fraction of sp³-hybridized carbons (Fsp3) is 0.222. The van der Waals surface area contributed by atoms with Crippen LogP contribution in [0.15, 0.2) is 45.8 Å². The molecule has 1 amide bonds. The van der Waals surface area contributed by atoms with Crippen molar-refractivity contribution in [3.05, 3.63) is 59.0 Å². The molecular formula is C18H13F6N5O2S2. The minimum Gasteiger partial charge on any atom is -0.296 e. The molecule has 1 unspecified atom stereocenters. The van der Waals surface area contributed by atoms with Crippen molar-refractivity contribution in [3.8, 4) is 0 Å². The molecule has 1 atom stereocenters. The second-order valence-corrected chi connectivity index (χ2v) is 9.43. The van der Waals surface area contributed by atoms with Crippen LogP contribution < -0.4 is 5.32 Å². The van der Waals surface area contributed by atoms with Crippen molar-refractivity contribution in [2.45, 2.75) is 24.2 Å². The molecule has 176 valence electrons. The van der Waals surface area contributed by atoms with Gasteiger partial charge in [0.05, 0.1) is 15.9 Å². The van der Waals surface area contributed by atoms with Crippen LogP contribution in [0.25, 0.3) is 5.65 Å². The number of aromatic nitrogens is 3. The Hall–Kier alpha value is -3.07. The molecule has 2 heterocycles. The Morgan fingerprint density at radius 3 is 2.27 bits per heavy atom. The van der Waals surface area contributed by atoms with E-state index in [1.54, 1.807) is 12.1 Å². The number of carbonyl (C=O) groups is 1. The van der Waals surface area contributed by atoms with Gasteiger partial charge in [0, 0.05) is 11.2 Å². The third kappa shape index (κ3) is 5.30. The highest BCUT2D eigenvalue weighted by Crippen LogP contribution is 2.35. The van der Waals surface area contributed by atoms with Crippen molar-refractivity contribution in [2.24, 2.45) is 4.36 Å². The summed E-state index contributed by atoms with van der Waals surface area (Å²) in [4.78, 5) is 15.9. The smallest absolute Gasteiger partial charge is 0.296 e. The van der Waals surface area contributed by atoms with E-state index in [-0.39, 0.29) is 10.6 Å². The number of hydrogen-bond donors (Lipinski definition) is 1. The van der Waals surface area contributed by atoms with Crippen molar-refractivity contribution in [1.29, 1.82) is 0 Å². The number of nitrogens with one attached hydrogen (secondary N) is 1. The van der Waals surface area contributed by atoms with Crippen LogP contribution >= 0.6 is 12.2 Å². The largest absolute Gasteiger partial charge is 0.433 e. The standard InChI is InChI=1S/C18H13F6N5O2S2/c1-9-3-5-10(6-4-9)33(2,31)28-16(32)27-15(30)11-8-25-29-13(18(22,23)24)7-12(17(19,20)21)26-14(11)29/h3-8H,1-2H3,(H,27,30,32). The molecular weight excluding hydrogens is 496 g/mol. The summed E-state index contributed by atoms with van der Waals surface area (Å²) in [6.07, 6.45) is -8.57. The van der Waals surface area contributed by atoms with Crippen LogP contribution in [0.3, 0.4) is 0 Å². The normalized spacial score (nSPS) is 14.1. The number of nitrogens with zero attached hydrogens (tertiary/aromatic N) is 4. The number of carbonyl (C=O) groups excluding carboxylic acids is 1. The van der Waals surface area contributed by atoms with E-state index >= 15 is 0 Å². The molecule has 0 saturated carbocycles. The van der Waals surface area contributed by atoms with Crippen LogP contribution in [-0.4, -0.2) is 36.1 Å².